The summed E-state index contributed by atoms with van der Waals surface area (Å²) in [5, 5.41) is 19.2. The van der Waals surface area contributed by atoms with Gasteiger partial charge in [-0.15, -0.1) is 0 Å². The van der Waals surface area contributed by atoms with E-state index in [9.17, 15) is 9.90 Å². The van der Waals surface area contributed by atoms with Gasteiger partial charge in [-0.25, -0.2) is 4.79 Å². The van der Waals surface area contributed by atoms with Gasteiger partial charge in [0.2, 0.25) is 5.76 Å². The Morgan fingerprint density at radius 2 is 1.78 bits per heavy atom. The van der Waals surface area contributed by atoms with Crippen molar-refractivity contribution < 1.29 is 29.2 Å². The fourth-order valence-electron chi connectivity index (χ4n) is 3.14. The Morgan fingerprint density at radius 3 is 2.50 bits per heavy atom. The fourth-order valence-corrected chi connectivity index (χ4v) is 3.46. The van der Waals surface area contributed by atoms with Crippen LogP contribution in [0.5, 0.6) is 17.2 Å². The topological polar surface area (TPSA) is 85.2 Å². The molecule has 2 N–H and O–H groups in total. The number of hydrogen-bond donors (Lipinski definition) is 2. The molecule has 0 fully saturated rings. The lowest BCUT2D eigenvalue weighted by molar-refractivity contribution is -0.135. The van der Waals surface area contributed by atoms with Crippen molar-refractivity contribution >= 4 is 35.2 Å². The molecule has 0 spiro atoms. The number of rotatable bonds is 6. The maximum Gasteiger partial charge on any atom is 0.370 e. The molecule has 1 atom stereocenters. The number of ether oxygens (including phenoxy) is 3. The van der Waals surface area contributed by atoms with Crippen molar-refractivity contribution in [1.82, 2.24) is 0 Å². The standard InChI is InChI=1S/C24H18Cl2O6/c25-18-7-1-15(9-19(18)26)12-30-17-5-3-16(4-6-17)23-13-31-22-11-14(2-8-21(22)32-23)10-20(27)24(28)29/h1-11,23,27H,12-13H2,(H,28,29)/t23-/m1/s1. The van der Waals surface area contributed by atoms with Gasteiger partial charge in [-0.2, -0.15) is 0 Å². The van der Waals surface area contributed by atoms with Gasteiger partial charge >= 0.3 is 5.97 Å². The third-order valence-corrected chi connectivity index (χ3v) is 5.53. The van der Waals surface area contributed by atoms with Gasteiger partial charge in [0.15, 0.2) is 17.6 Å². The van der Waals surface area contributed by atoms with Gasteiger partial charge < -0.3 is 24.4 Å². The molecule has 4 rings (SSSR count). The number of carboxylic acid groups (broad SMARTS) is 1. The number of hydrogen-bond acceptors (Lipinski definition) is 5. The van der Waals surface area contributed by atoms with Crippen molar-refractivity contribution in [2.75, 3.05) is 6.61 Å². The Morgan fingerprint density at radius 1 is 1.00 bits per heavy atom. The molecule has 1 heterocycles. The molecule has 0 saturated carbocycles. The molecule has 0 bridgehead atoms. The lowest BCUT2D eigenvalue weighted by Crippen LogP contribution is -2.21. The highest BCUT2D eigenvalue weighted by Gasteiger charge is 2.23. The molecule has 8 heteroatoms. The quantitative estimate of drug-likeness (QED) is 0.334. The van der Waals surface area contributed by atoms with Gasteiger partial charge in [0.1, 0.15) is 19.0 Å². The van der Waals surface area contributed by atoms with Crippen LogP contribution in [0, 0.1) is 0 Å². The SMILES string of the molecule is O=C(O)C(O)=Cc1ccc2c(c1)OC[C@H](c1ccc(OCc3ccc(Cl)c(Cl)c3)cc1)O2. The van der Waals surface area contributed by atoms with E-state index in [1.165, 1.54) is 0 Å². The van der Waals surface area contributed by atoms with E-state index in [1.807, 2.05) is 30.3 Å². The number of benzene rings is 3. The van der Waals surface area contributed by atoms with Gasteiger partial charge in [0, 0.05) is 0 Å². The predicted molar refractivity (Wildman–Crippen MR) is 121 cm³/mol. The third-order valence-electron chi connectivity index (χ3n) is 4.79. The molecule has 32 heavy (non-hydrogen) atoms. The number of fused-ring (bicyclic) bond motifs is 1. The van der Waals surface area contributed by atoms with Crippen LogP contribution >= 0.6 is 23.2 Å². The van der Waals surface area contributed by atoms with Gasteiger partial charge in [-0.1, -0.05) is 47.5 Å². The minimum Gasteiger partial charge on any atom is -0.502 e. The summed E-state index contributed by atoms with van der Waals surface area (Å²) >= 11 is 12.0. The van der Waals surface area contributed by atoms with E-state index in [2.05, 4.69) is 0 Å². The molecule has 0 aromatic heterocycles. The first kappa shape index (κ1) is 21.9. The minimum atomic E-state index is -1.40. The second-order valence-corrected chi connectivity index (χ2v) is 7.88. The molecule has 0 radical (unpaired) electrons. The van der Waals surface area contributed by atoms with E-state index >= 15 is 0 Å². The molecule has 164 valence electrons. The fraction of sp³-hybridized carbons (Fsp3) is 0.125. The lowest BCUT2D eigenvalue weighted by atomic mass is 10.1. The normalized spacial score (nSPS) is 15.3. The maximum atomic E-state index is 10.8. The van der Waals surface area contributed by atoms with Crippen molar-refractivity contribution in [2.45, 2.75) is 12.7 Å². The zero-order valence-corrected chi connectivity index (χ0v) is 18.1. The number of halogens is 2. The van der Waals surface area contributed by atoms with Gasteiger partial charge in [-0.05, 0) is 59.2 Å². The molecule has 3 aromatic rings. The number of aliphatic carboxylic acids is 1. The molecule has 0 saturated heterocycles. The predicted octanol–water partition coefficient (Wildman–Crippen LogP) is 6.07. The number of aliphatic hydroxyl groups excluding tert-OH is 1. The summed E-state index contributed by atoms with van der Waals surface area (Å²) in [5.41, 5.74) is 2.33. The molecule has 0 amide bonds. The molecule has 0 aliphatic carbocycles. The first-order chi connectivity index (χ1) is 15.4. The highest BCUT2D eigenvalue weighted by atomic mass is 35.5. The van der Waals surface area contributed by atoms with Gasteiger partial charge in [0.25, 0.3) is 0 Å². The molecule has 1 aliphatic heterocycles. The van der Waals surface area contributed by atoms with Crippen LogP contribution in [0.3, 0.4) is 0 Å². The van der Waals surface area contributed by atoms with Crippen LogP contribution in [0.25, 0.3) is 6.08 Å². The minimum absolute atomic E-state index is 0.286. The highest BCUT2D eigenvalue weighted by molar-refractivity contribution is 6.42. The van der Waals surface area contributed by atoms with Crippen molar-refractivity contribution in [3.63, 3.8) is 0 Å². The van der Waals surface area contributed by atoms with E-state index in [4.69, 9.17) is 42.5 Å². The van der Waals surface area contributed by atoms with Gasteiger partial charge in [0.05, 0.1) is 10.0 Å². The van der Waals surface area contributed by atoms with Gasteiger partial charge in [-0.3, -0.25) is 0 Å². The number of carbonyl (C=O) groups is 1. The smallest absolute Gasteiger partial charge is 0.370 e. The molecular formula is C24H18Cl2O6. The second kappa shape index (κ2) is 9.42. The Balaban J connectivity index is 1.39. The summed E-state index contributed by atoms with van der Waals surface area (Å²) < 4.78 is 17.6. The van der Waals surface area contributed by atoms with E-state index in [1.54, 1.807) is 30.3 Å². The van der Waals surface area contributed by atoms with Crippen molar-refractivity contribution in [3.05, 3.63) is 93.2 Å². The summed E-state index contributed by atoms with van der Waals surface area (Å²) in [6.07, 6.45) is 0.842. The maximum absolute atomic E-state index is 10.8. The average molecular weight is 473 g/mol. The zero-order valence-electron chi connectivity index (χ0n) is 16.6. The van der Waals surface area contributed by atoms with Crippen LogP contribution in [-0.4, -0.2) is 22.8 Å². The summed E-state index contributed by atoms with van der Waals surface area (Å²) in [4.78, 5) is 10.8. The second-order valence-electron chi connectivity index (χ2n) is 7.06. The highest BCUT2D eigenvalue weighted by Crippen LogP contribution is 2.37. The summed E-state index contributed by atoms with van der Waals surface area (Å²) in [7, 11) is 0. The van der Waals surface area contributed by atoms with E-state index < -0.39 is 11.7 Å². The van der Waals surface area contributed by atoms with Crippen LogP contribution in [0.15, 0.2) is 66.4 Å². The van der Waals surface area contributed by atoms with E-state index in [-0.39, 0.29) is 12.7 Å². The third kappa shape index (κ3) is 5.10. The van der Waals surface area contributed by atoms with Crippen LogP contribution in [0.4, 0.5) is 0 Å². The van der Waals surface area contributed by atoms with Crippen LogP contribution in [0.2, 0.25) is 10.0 Å². The van der Waals surface area contributed by atoms with Crippen molar-refractivity contribution in [1.29, 1.82) is 0 Å². The first-order valence-corrected chi connectivity index (χ1v) is 10.4. The van der Waals surface area contributed by atoms with Crippen LogP contribution in [-0.2, 0) is 11.4 Å². The van der Waals surface area contributed by atoms with Crippen LogP contribution in [0.1, 0.15) is 22.8 Å². The molecule has 1 aliphatic rings. The first-order valence-electron chi connectivity index (χ1n) is 9.63. The molecular weight excluding hydrogens is 455 g/mol. The monoisotopic (exact) mass is 472 g/mol. The summed E-state index contributed by atoms with van der Waals surface area (Å²) in [6.45, 7) is 0.648. The zero-order chi connectivity index (χ0) is 22.7. The van der Waals surface area contributed by atoms with E-state index in [0.717, 1.165) is 17.2 Å². The lowest BCUT2D eigenvalue weighted by Gasteiger charge is -2.27. The summed E-state index contributed by atoms with van der Waals surface area (Å²) in [5.74, 6) is -0.431. The Kier molecular flexibility index (Phi) is 6.44. The molecule has 3 aromatic carbocycles. The Labute approximate surface area is 194 Å². The van der Waals surface area contributed by atoms with Crippen molar-refractivity contribution in [2.24, 2.45) is 0 Å². The average Bonchev–Trinajstić information content (AvgIpc) is 2.80. The Bertz CT molecular complexity index is 1170. The summed E-state index contributed by atoms with van der Waals surface area (Å²) in [6, 6.07) is 17.8. The Hall–Kier alpha value is -3.35. The van der Waals surface area contributed by atoms with Crippen LogP contribution < -0.4 is 14.2 Å². The molecule has 0 unspecified atom stereocenters. The largest absolute Gasteiger partial charge is 0.502 e. The molecule has 6 nitrogen and oxygen atoms in total. The van der Waals surface area contributed by atoms with Crippen molar-refractivity contribution in [3.8, 4) is 17.2 Å². The van der Waals surface area contributed by atoms with E-state index in [0.29, 0.717) is 39.5 Å². The number of aliphatic hydroxyl groups is 1. The number of carboxylic acids is 1.